The summed E-state index contributed by atoms with van der Waals surface area (Å²) in [5, 5.41) is 11.8. The lowest BCUT2D eigenvalue weighted by atomic mass is 10.1. The molecule has 0 saturated carbocycles. The second-order valence-electron chi connectivity index (χ2n) is 7.54. The van der Waals surface area contributed by atoms with Gasteiger partial charge in [0.25, 0.3) is 5.91 Å². The van der Waals surface area contributed by atoms with Crippen LogP contribution in [0.1, 0.15) is 47.6 Å². The molecule has 3 aromatic rings. The van der Waals surface area contributed by atoms with E-state index in [1.54, 1.807) is 13.0 Å². The number of nitrogens with one attached hydrogen (secondary N) is 1. The van der Waals surface area contributed by atoms with E-state index >= 15 is 0 Å². The highest BCUT2D eigenvalue weighted by Crippen LogP contribution is 2.24. The molecule has 4 rings (SSSR count). The Morgan fingerprint density at radius 1 is 1.00 bits per heavy atom. The standard InChI is InChI=1S/C23H26N4O2/c1-16-14-20(17(2)29-16)23(28)24-19-9-7-8-18(15-19)21-10-11-22(26-25-21)27-12-5-3-4-6-13-27/h7-11,14-15H,3-6,12-13H2,1-2H3,(H,24,28). The SMILES string of the molecule is Cc1cc(C(=O)Nc2cccc(-c3ccc(N4CCCCCC4)nn3)c2)c(C)o1. The number of anilines is 2. The third kappa shape index (κ3) is 4.47. The van der Waals surface area contributed by atoms with E-state index in [0.717, 1.165) is 35.9 Å². The van der Waals surface area contributed by atoms with Crippen LogP contribution in [-0.4, -0.2) is 29.2 Å². The van der Waals surface area contributed by atoms with Gasteiger partial charge >= 0.3 is 0 Å². The van der Waals surface area contributed by atoms with Gasteiger partial charge in [0.05, 0.1) is 11.3 Å². The fraction of sp³-hybridized carbons (Fsp3) is 0.348. The van der Waals surface area contributed by atoms with Crippen molar-refractivity contribution >= 4 is 17.4 Å². The molecule has 6 nitrogen and oxygen atoms in total. The van der Waals surface area contributed by atoms with E-state index in [1.807, 2.05) is 43.3 Å². The van der Waals surface area contributed by atoms with Crippen LogP contribution in [0, 0.1) is 13.8 Å². The van der Waals surface area contributed by atoms with E-state index in [9.17, 15) is 4.79 Å². The third-order valence-electron chi connectivity index (χ3n) is 5.28. The number of carbonyl (C=O) groups excluding carboxylic acids is 1. The van der Waals surface area contributed by atoms with Crippen LogP contribution in [0.4, 0.5) is 11.5 Å². The number of carbonyl (C=O) groups is 1. The molecule has 150 valence electrons. The molecule has 1 fully saturated rings. The number of furan rings is 1. The predicted molar refractivity (Wildman–Crippen MR) is 114 cm³/mol. The largest absolute Gasteiger partial charge is 0.466 e. The van der Waals surface area contributed by atoms with Gasteiger partial charge in [0, 0.05) is 24.3 Å². The number of benzene rings is 1. The zero-order valence-corrected chi connectivity index (χ0v) is 16.9. The summed E-state index contributed by atoms with van der Waals surface area (Å²) >= 11 is 0. The Morgan fingerprint density at radius 3 is 2.45 bits per heavy atom. The maximum Gasteiger partial charge on any atom is 0.259 e. The molecule has 1 aliphatic rings. The first-order valence-corrected chi connectivity index (χ1v) is 10.2. The summed E-state index contributed by atoms with van der Waals surface area (Å²) in [6, 6.07) is 13.4. The normalized spacial score (nSPS) is 14.5. The molecule has 0 atom stereocenters. The maximum absolute atomic E-state index is 12.5. The molecular weight excluding hydrogens is 364 g/mol. The highest BCUT2D eigenvalue weighted by atomic mass is 16.3. The topological polar surface area (TPSA) is 71.3 Å². The molecule has 1 amide bonds. The summed E-state index contributed by atoms with van der Waals surface area (Å²) in [6.07, 6.45) is 5.00. The molecule has 1 N–H and O–H groups in total. The van der Waals surface area contributed by atoms with Gasteiger partial charge < -0.3 is 14.6 Å². The van der Waals surface area contributed by atoms with E-state index in [0.29, 0.717) is 17.0 Å². The van der Waals surface area contributed by atoms with Gasteiger partial charge in [-0.05, 0) is 57.0 Å². The van der Waals surface area contributed by atoms with Crippen molar-refractivity contribution in [1.82, 2.24) is 10.2 Å². The highest BCUT2D eigenvalue weighted by Gasteiger charge is 2.15. The molecule has 6 heteroatoms. The van der Waals surface area contributed by atoms with Gasteiger partial charge in [0.2, 0.25) is 0 Å². The minimum Gasteiger partial charge on any atom is -0.466 e. The molecule has 29 heavy (non-hydrogen) atoms. The lowest BCUT2D eigenvalue weighted by Crippen LogP contribution is -2.25. The molecule has 0 unspecified atom stereocenters. The van der Waals surface area contributed by atoms with Crippen molar-refractivity contribution in [3.05, 3.63) is 59.5 Å². The van der Waals surface area contributed by atoms with Crippen LogP contribution >= 0.6 is 0 Å². The van der Waals surface area contributed by atoms with Crippen molar-refractivity contribution in [3.8, 4) is 11.3 Å². The van der Waals surface area contributed by atoms with Crippen LogP contribution in [-0.2, 0) is 0 Å². The average molecular weight is 390 g/mol. The Morgan fingerprint density at radius 2 is 1.79 bits per heavy atom. The summed E-state index contributed by atoms with van der Waals surface area (Å²) in [5.41, 5.74) is 2.96. The Balaban J connectivity index is 1.49. The minimum atomic E-state index is -0.181. The van der Waals surface area contributed by atoms with Crippen LogP contribution in [0.25, 0.3) is 11.3 Å². The molecule has 1 saturated heterocycles. The smallest absolute Gasteiger partial charge is 0.259 e. The fourth-order valence-electron chi connectivity index (χ4n) is 3.76. The van der Waals surface area contributed by atoms with Crippen LogP contribution in [0.15, 0.2) is 46.9 Å². The molecule has 2 aromatic heterocycles. The van der Waals surface area contributed by atoms with Crippen molar-refractivity contribution in [1.29, 1.82) is 0 Å². The number of hydrogen-bond donors (Lipinski definition) is 1. The van der Waals surface area contributed by atoms with Gasteiger partial charge in [-0.1, -0.05) is 25.0 Å². The lowest BCUT2D eigenvalue weighted by molar-refractivity contribution is 0.102. The van der Waals surface area contributed by atoms with Crippen molar-refractivity contribution in [3.63, 3.8) is 0 Å². The Hall–Kier alpha value is -3.15. The molecule has 3 heterocycles. The first-order chi connectivity index (χ1) is 14.1. The lowest BCUT2D eigenvalue weighted by Gasteiger charge is -2.20. The number of hydrogen-bond acceptors (Lipinski definition) is 5. The average Bonchev–Trinajstić information content (AvgIpc) is 2.92. The summed E-state index contributed by atoms with van der Waals surface area (Å²) < 4.78 is 5.45. The van der Waals surface area contributed by atoms with Crippen LogP contribution in [0.2, 0.25) is 0 Å². The Bertz CT molecular complexity index is 986. The number of nitrogens with zero attached hydrogens (tertiary/aromatic N) is 3. The Kier molecular flexibility index (Phi) is 5.60. The Labute approximate surface area is 170 Å². The maximum atomic E-state index is 12.5. The number of aryl methyl sites for hydroxylation is 2. The van der Waals surface area contributed by atoms with Gasteiger partial charge in [-0.3, -0.25) is 4.79 Å². The quantitative estimate of drug-likeness (QED) is 0.680. The first-order valence-electron chi connectivity index (χ1n) is 10.2. The van der Waals surface area contributed by atoms with E-state index in [4.69, 9.17) is 4.42 Å². The van der Waals surface area contributed by atoms with Crippen molar-refractivity contribution in [2.45, 2.75) is 39.5 Å². The summed E-state index contributed by atoms with van der Waals surface area (Å²) in [4.78, 5) is 14.9. The summed E-state index contributed by atoms with van der Waals surface area (Å²) in [5.74, 6) is 2.09. The van der Waals surface area contributed by atoms with Gasteiger partial charge in [-0.25, -0.2) is 0 Å². The predicted octanol–water partition coefficient (Wildman–Crippen LogP) is 4.99. The van der Waals surface area contributed by atoms with Gasteiger partial charge in [0.15, 0.2) is 5.82 Å². The molecule has 0 radical (unpaired) electrons. The van der Waals surface area contributed by atoms with Gasteiger partial charge in [-0.15, -0.1) is 10.2 Å². The van der Waals surface area contributed by atoms with Crippen molar-refractivity contribution < 1.29 is 9.21 Å². The summed E-state index contributed by atoms with van der Waals surface area (Å²) in [7, 11) is 0. The van der Waals surface area contributed by atoms with Crippen LogP contribution < -0.4 is 10.2 Å². The number of rotatable bonds is 4. The molecular formula is C23H26N4O2. The second kappa shape index (κ2) is 8.47. The molecule has 1 aliphatic heterocycles. The third-order valence-corrected chi connectivity index (χ3v) is 5.28. The molecule has 0 spiro atoms. The van der Waals surface area contributed by atoms with E-state index in [1.165, 1.54) is 25.7 Å². The van der Waals surface area contributed by atoms with E-state index < -0.39 is 0 Å². The molecule has 1 aromatic carbocycles. The molecule has 0 bridgehead atoms. The number of aromatic nitrogens is 2. The van der Waals surface area contributed by atoms with Crippen LogP contribution in [0.5, 0.6) is 0 Å². The van der Waals surface area contributed by atoms with Gasteiger partial charge in [0.1, 0.15) is 11.5 Å². The summed E-state index contributed by atoms with van der Waals surface area (Å²) in [6.45, 7) is 5.71. The zero-order valence-electron chi connectivity index (χ0n) is 16.9. The van der Waals surface area contributed by atoms with Crippen molar-refractivity contribution in [2.24, 2.45) is 0 Å². The monoisotopic (exact) mass is 390 g/mol. The van der Waals surface area contributed by atoms with Gasteiger partial charge in [-0.2, -0.15) is 0 Å². The van der Waals surface area contributed by atoms with Crippen molar-refractivity contribution in [2.75, 3.05) is 23.3 Å². The minimum absolute atomic E-state index is 0.181. The second-order valence-corrected chi connectivity index (χ2v) is 7.54. The van der Waals surface area contributed by atoms with E-state index in [2.05, 4.69) is 20.4 Å². The number of amides is 1. The fourth-order valence-corrected chi connectivity index (χ4v) is 3.76. The first kappa shape index (κ1) is 19.2. The van der Waals surface area contributed by atoms with Crippen LogP contribution in [0.3, 0.4) is 0 Å². The zero-order chi connectivity index (χ0) is 20.2. The van der Waals surface area contributed by atoms with E-state index in [-0.39, 0.29) is 5.91 Å². The molecule has 0 aliphatic carbocycles. The highest BCUT2D eigenvalue weighted by molar-refractivity contribution is 6.05.